The second kappa shape index (κ2) is 8.66. The summed E-state index contributed by atoms with van der Waals surface area (Å²) in [6.07, 6.45) is 1.31. The first-order valence-electron chi connectivity index (χ1n) is 8.90. The lowest BCUT2D eigenvalue weighted by Crippen LogP contribution is -2.43. The number of rotatable bonds is 5. The van der Waals surface area contributed by atoms with Gasteiger partial charge in [-0.3, -0.25) is 0 Å². The first kappa shape index (κ1) is 20.2. The lowest BCUT2D eigenvalue weighted by atomic mass is 9.97. The zero-order chi connectivity index (χ0) is 20.1. The van der Waals surface area contributed by atoms with E-state index in [1.165, 1.54) is 36.4 Å². The van der Waals surface area contributed by atoms with Crippen LogP contribution >= 0.6 is 0 Å². The third-order valence-corrected chi connectivity index (χ3v) is 6.12. The summed E-state index contributed by atoms with van der Waals surface area (Å²) < 4.78 is 52.9. The molecule has 6 nitrogen and oxygen atoms in total. The van der Waals surface area contributed by atoms with Crippen LogP contribution in [0.25, 0.3) is 0 Å². The lowest BCUT2D eigenvalue weighted by molar-refractivity contribution is 0.183. The molecule has 0 aromatic heterocycles. The minimum atomic E-state index is -3.69. The maximum atomic E-state index is 12.9. The smallest absolute Gasteiger partial charge is 0.321 e. The summed E-state index contributed by atoms with van der Waals surface area (Å²) in [4.78, 5) is 13.9. The fourth-order valence-electron chi connectivity index (χ4n) is 3.00. The Labute approximate surface area is 162 Å². The first-order valence-corrected chi connectivity index (χ1v) is 10.4. The molecule has 0 radical (unpaired) electrons. The summed E-state index contributed by atoms with van der Waals surface area (Å²) in [6, 6.07) is 9.91. The van der Waals surface area contributed by atoms with Gasteiger partial charge >= 0.3 is 6.03 Å². The first-order chi connectivity index (χ1) is 13.3. The number of piperidine rings is 1. The quantitative estimate of drug-likeness (QED) is 0.796. The van der Waals surface area contributed by atoms with Crippen LogP contribution in [0.15, 0.2) is 53.4 Å². The topological polar surface area (TPSA) is 78.5 Å². The predicted molar refractivity (Wildman–Crippen MR) is 101 cm³/mol. The molecule has 2 N–H and O–H groups in total. The van der Waals surface area contributed by atoms with Crippen LogP contribution in [0.2, 0.25) is 0 Å². The molecule has 1 heterocycles. The highest BCUT2D eigenvalue weighted by molar-refractivity contribution is 7.89. The highest BCUT2D eigenvalue weighted by atomic mass is 32.2. The number of nitrogens with one attached hydrogen (secondary N) is 2. The fourth-order valence-corrected chi connectivity index (χ4v) is 4.12. The Morgan fingerprint density at radius 3 is 2.07 bits per heavy atom. The van der Waals surface area contributed by atoms with Crippen molar-refractivity contribution in [3.8, 4) is 0 Å². The number of hydrogen-bond donors (Lipinski definition) is 2. The van der Waals surface area contributed by atoms with Crippen LogP contribution in [-0.4, -0.2) is 39.0 Å². The van der Waals surface area contributed by atoms with Gasteiger partial charge in [-0.05, 0) is 67.3 Å². The molecule has 9 heteroatoms. The van der Waals surface area contributed by atoms with E-state index in [0.29, 0.717) is 31.6 Å². The van der Waals surface area contributed by atoms with Gasteiger partial charge in [0, 0.05) is 25.3 Å². The van der Waals surface area contributed by atoms with Crippen LogP contribution in [0, 0.1) is 17.6 Å². The number of nitrogens with zero attached hydrogens (tertiary/aromatic N) is 1. The molecule has 3 rings (SSSR count). The summed E-state index contributed by atoms with van der Waals surface area (Å²) in [5.74, 6) is -0.766. The normalized spacial score (nSPS) is 15.4. The number of sulfonamides is 1. The number of benzene rings is 2. The largest absolute Gasteiger partial charge is 0.325 e. The van der Waals surface area contributed by atoms with Gasteiger partial charge in [0.05, 0.1) is 4.90 Å². The molecular formula is C19H21F2N3O3S. The minimum Gasteiger partial charge on any atom is -0.325 e. The second-order valence-electron chi connectivity index (χ2n) is 6.67. The third kappa shape index (κ3) is 5.26. The van der Waals surface area contributed by atoms with E-state index in [0.717, 1.165) is 12.1 Å². The van der Waals surface area contributed by atoms with Crippen molar-refractivity contribution in [2.75, 3.05) is 25.0 Å². The summed E-state index contributed by atoms with van der Waals surface area (Å²) in [5.41, 5.74) is 0.514. The Bertz CT molecular complexity index is 910. The zero-order valence-electron chi connectivity index (χ0n) is 15.1. The molecule has 0 aliphatic carbocycles. The number of carbonyl (C=O) groups excluding carboxylic acids is 1. The van der Waals surface area contributed by atoms with Crippen LogP contribution < -0.4 is 10.0 Å². The fraction of sp³-hybridized carbons (Fsp3) is 0.316. The van der Waals surface area contributed by atoms with Crippen molar-refractivity contribution in [1.82, 2.24) is 9.62 Å². The van der Waals surface area contributed by atoms with E-state index >= 15 is 0 Å². The molecule has 0 atom stereocenters. The van der Waals surface area contributed by atoms with Gasteiger partial charge in [0.25, 0.3) is 0 Å². The number of amides is 2. The summed E-state index contributed by atoms with van der Waals surface area (Å²) >= 11 is 0. The Morgan fingerprint density at radius 1 is 0.964 bits per heavy atom. The Balaban J connectivity index is 1.46. The minimum absolute atomic E-state index is 0.0185. The number of hydrogen-bond acceptors (Lipinski definition) is 3. The number of halogens is 2. The molecule has 2 aromatic carbocycles. The summed E-state index contributed by atoms with van der Waals surface area (Å²) in [7, 11) is -3.69. The monoisotopic (exact) mass is 409 g/mol. The van der Waals surface area contributed by atoms with E-state index in [-0.39, 0.29) is 29.2 Å². The van der Waals surface area contributed by atoms with Gasteiger partial charge in [0.2, 0.25) is 10.0 Å². The second-order valence-corrected chi connectivity index (χ2v) is 8.44. The number of urea groups is 1. The molecule has 1 fully saturated rings. The standard InChI is InChI=1S/C19H21F2N3O3S/c20-15-1-5-17(6-2-15)23-19(25)24-11-9-14(10-12-24)13-22-28(26,27)18-7-3-16(21)4-8-18/h1-8,14,22H,9-13H2,(H,23,25). The highest BCUT2D eigenvalue weighted by Gasteiger charge is 2.24. The van der Waals surface area contributed by atoms with Crippen molar-refractivity contribution in [3.63, 3.8) is 0 Å². The van der Waals surface area contributed by atoms with E-state index in [1.54, 1.807) is 4.90 Å². The zero-order valence-corrected chi connectivity index (χ0v) is 15.9. The molecule has 1 saturated heterocycles. The SMILES string of the molecule is O=C(Nc1ccc(F)cc1)N1CCC(CNS(=O)(=O)c2ccc(F)cc2)CC1. The molecule has 2 aromatic rings. The van der Waals surface area contributed by atoms with Gasteiger partial charge < -0.3 is 10.2 Å². The van der Waals surface area contributed by atoms with E-state index in [4.69, 9.17) is 0 Å². The van der Waals surface area contributed by atoms with E-state index in [2.05, 4.69) is 10.0 Å². The van der Waals surface area contributed by atoms with Gasteiger partial charge in [0.1, 0.15) is 11.6 Å². The maximum Gasteiger partial charge on any atom is 0.321 e. The van der Waals surface area contributed by atoms with E-state index < -0.39 is 15.8 Å². The van der Waals surface area contributed by atoms with E-state index in [1.807, 2.05) is 0 Å². The van der Waals surface area contributed by atoms with Gasteiger partial charge in [-0.2, -0.15) is 0 Å². The summed E-state index contributed by atoms with van der Waals surface area (Å²) in [5, 5.41) is 2.71. The third-order valence-electron chi connectivity index (χ3n) is 4.68. The van der Waals surface area contributed by atoms with Crippen molar-refractivity contribution in [2.24, 2.45) is 5.92 Å². The number of carbonyl (C=O) groups is 1. The number of likely N-dealkylation sites (tertiary alicyclic amines) is 1. The molecule has 1 aliphatic rings. The van der Waals surface area contributed by atoms with Crippen LogP contribution in [-0.2, 0) is 10.0 Å². The molecular weight excluding hydrogens is 388 g/mol. The molecule has 150 valence electrons. The van der Waals surface area contributed by atoms with Crippen molar-refractivity contribution >= 4 is 21.7 Å². The van der Waals surface area contributed by atoms with E-state index in [9.17, 15) is 22.0 Å². The predicted octanol–water partition coefficient (Wildman–Crippen LogP) is 3.19. The molecule has 0 saturated carbocycles. The number of anilines is 1. The van der Waals surface area contributed by atoms with Crippen LogP contribution in [0.3, 0.4) is 0 Å². The van der Waals surface area contributed by atoms with Crippen molar-refractivity contribution in [2.45, 2.75) is 17.7 Å². The van der Waals surface area contributed by atoms with Gasteiger partial charge in [0.15, 0.2) is 0 Å². The molecule has 2 amide bonds. The average Bonchev–Trinajstić information content (AvgIpc) is 2.69. The Morgan fingerprint density at radius 2 is 1.50 bits per heavy atom. The average molecular weight is 409 g/mol. The van der Waals surface area contributed by atoms with Gasteiger partial charge in [-0.15, -0.1) is 0 Å². The molecule has 0 spiro atoms. The molecule has 1 aliphatic heterocycles. The Hall–Kier alpha value is -2.52. The van der Waals surface area contributed by atoms with Crippen molar-refractivity contribution in [1.29, 1.82) is 0 Å². The van der Waals surface area contributed by atoms with Crippen molar-refractivity contribution in [3.05, 3.63) is 60.2 Å². The highest BCUT2D eigenvalue weighted by Crippen LogP contribution is 2.19. The van der Waals surface area contributed by atoms with Crippen molar-refractivity contribution < 1.29 is 22.0 Å². The summed E-state index contributed by atoms with van der Waals surface area (Å²) in [6.45, 7) is 1.25. The molecule has 28 heavy (non-hydrogen) atoms. The van der Waals surface area contributed by atoms with Crippen LogP contribution in [0.4, 0.5) is 19.3 Å². The van der Waals surface area contributed by atoms with Crippen LogP contribution in [0.1, 0.15) is 12.8 Å². The maximum absolute atomic E-state index is 12.9. The molecule has 0 unspecified atom stereocenters. The molecule has 0 bridgehead atoms. The van der Waals surface area contributed by atoms with Gasteiger partial charge in [-0.1, -0.05) is 0 Å². The van der Waals surface area contributed by atoms with Crippen LogP contribution in [0.5, 0.6) is 0 Å². The lowest BCUT2D eigenvalue weighted by Gasteiger charge is -2.32. The van der Waals surface area contributed by atoms with Gasteiger partial charge in [-0.25, -0.2) is 26.7 Å². The Kier molecular flexibility index (Phi) is 6.25.